The monoisotopic (exact) mass is 429 g/mol. The zero-order valence-electron chi connectivity index (χ0n) is 15.3. The number of hydrogen-bond donors (Lipinski definition) is 1. The maximum atomic E-state index is 12.1. The number of alkyl halides is 3. The summed E-state index contributed by atoms with van der Waals surface area (Å²) in [6.45, 7) is 3.43. The van der Waals surface area contributed by atoms with Crippen molar-refractivity contribution in [2.45, 2.75) is 55.3 Å². The fraction of sp³-hybridized carbons (Fsp3) is 0.474. The Balaban J connectivity index is 0.000000199. The predicted octanol–water partition coefficient (Wildman–Crippen LogP) is 4.88. The SMILES string of the molecule is Cc1nc(C)nc(C(Cl)(Cl)Cl)n1.O=C(c1ccccc1)C1(O)CCCCC1. The Hall–Kier alpha value is -1.27. The summed E-state index contributed by atoms with van der Waals surface area (Å²) in [6.07, 6.45) is 4.26. The summed E-state index contributed by atoms with van der Waals surface area (Å²) in [5.74, 6) is 1.15. The minimum Gasteiger partial charge on any atom is -0.382 e. The van der Waals surface area contributed by atoms with Crippen LogP contribution in [-0.2, 0) is 3.79 Å². The van der Waals surface area contributed by atoms with E-state index in [4.69, 9.17) is 34.8 Å². The van der Waals surface area contributed by atoms with Crippen LogP contribution < -0.4 is 0 Å². The Bertz CT molecular complexity index is 753. The molecule has 3 rings (SSSR count). The van der Waals surface area contributed by atoms with Crippen molar-refractivity contribution >= 4 is 40.6 Å². The molecule has 146 valence electrons. The zero-order chi connectivity index (χ0) is 20.1. The molecule has 1 aromatic heterocycles. The van der Waals surface area contributed by atoms with Crippen LogP contribution in [0.1, 0.15) is 59.9 Å². The van der Waals surface area contributed by atoms with Gasteiger partial charge >= 0.3 is 0 Å². The fourth-order valence-electron chi connectivity index (χ4n) is 2.96. The van der Waals surface area contributed by atoms with Gasteiger partial charge in [0.15, 0.2) is 11.6 Å². The summed E-state index contributed by atoms with van der Waals surface area (Å²) >= 11 is 16.7. The van der Waals surface area contributed by atoms with Gasteiger partial charge in [0.1, 0.15) is 17.2 Å². The number of aryl methyl sites for hydroxylation is 2. The van der Waals surface area contributed by atoms with Gasteiger partial charge in [0.25, 0.3) is 0 Å². The van der Waals surface area contributed by atoms with E-state index < -0.39 is 9.39 Å². The smallest absolute Gasteiger partial charge is 0.250 e. The van der Waals surface area contributed by atoms with Crippen molar-refractivity contribution in [1.82, 2.24) is 15.0 Å². The first-order valence-electron chi connectivity index (χ1n) is 8.70. The molecule has 5 nitrogen and oxygen atoms in total. The second-order valence-electron chi connectivity index (χ2n) is 6.54. The summed E-state index contributed by atoms with van der Waals surface area (Å²) < 4.78 is -1.57. The van der Waals surface area contributed by atoms with Gasteiger partial charge in [-0.3, -0.25) is 4.79 Å². The summed E-state index contributed by atoms with van der Waals surface area (Å²) in [5, 5.41) is 10.2. The van der Waals surface area contributed by atoms with Crippen molar-refractivity contribution in [3.05, 3.63) is 53.4 Å². The van der Waals surface area contributed by atoms with Crippen LogP contribution in [0.2, 0.25) is 0 Å². The van der Waals surface area contributed by atoms with Crippen molar-refractivity contribution in [2.24, 2.45) is 0 Å². The van der Waals surface area contributed by atoms with E-state index in [1.165, 1.54) is 0 Å². The van der Waals surface area contributed by atoms with Crippen molar-refractivity contribution in [3.8, 4) is 0 Å². The standard InChI is InChI=1S/C13H16O2.C6H6Cl3N3/c14-12(11-7-3-1-4-8-11)13(15)9-5-2-6-10-13;1-3-10-4(2)12-5(11-3)6(7,8)9/h1,3-4,7-8,15H,2,5-6,9-10H2;1-2H3. The number of carbonyl (C=O) groups excluding carboxylic acids is 1. The second kappa shape index (κ2) is 9.28. The molecule has 1 aromatic carbocycles. The molecule has 0 radical (unpaired) electrons. The number of nitrogens with zero attached hydrogens (tertiary/aromatic N) is 3. The largest absolute Gasteiger partial charge is 0.382 e. The molecule has 8 heteroatoms. The number of rotatable bonds is 2. The van der Waals surface area contributed by atoms with Gasteiger partial charge in [-0.2, -0.15) is 0 Å². The summed E-state index contributed by atoms with van der Waals surface area (Å²) in [6, 6.07) is 9.09. The van der Waals surface area contributed by atoms with E-state index in [2.05, 4.69) is 15.0 Å². The van der Waals surface area contributed by atoms with Crippen LogP contribution in [0.5, 0.6) is 0 Å². The van der Waals surface area contributed by atoms with Gasteiger partial charge < -0.3 is 5.11 Å². The second-order valence-corrected chi connectivity index (χ2v) is 8.82. The molecule has 0 amide bonds. The summed E-state index contributed by atoms with van der Waals surface area (Å²) in [7, 11) is 0. The van der Waals surface area contributed by atoms with Gasteiger partial charge in [0.05, 0.1) is 0 Å². The Kier molecular flexibility index (Phi) is 7.57. The molecule has 0 unspecified atom stereocenters. The third kappa shape index (κ3) is 6.39. The molecule has 0 atom stereocenters. The van der Waals surface area contributed by atoms with Gasteiger partial charge in [-0.1, -0.05) is 84.4 Å². The van der Waals surface area contributed by atoms with E-state index in [1.54, 1.807) is 26.0 Å². The van der Waals surface area contributed by atoms with Crippen molar-refractivity contribution < 1.29 is 9.90 Å². The Morgan fingerprint density at radius 2 is 1.48 bits per heavy atom. The number of carbonyl (C=O) groups is 1. The van der Waals surface area contributed by atoms with Gasteiger partial charge in [-0.05, 0) is 26.7 Å². The molecule has 1 aliphatic carbocycles. The fourth-order valence-corrected chi connectivity index (χ4v) is 3.22. The van der Waals surface area contributed by atoms with Crippen molar-refractivity contribution in [2.75, 3.05) is 0 Å². The van der Waals surface area contributed by atoms with Gasteiger partial charge in [0.2, 0.25) is 3.79 Å². The van der Waals surface area contributed by atoms with Crippen molar-refractivity contribution in [1.29, 1.82) is 0 Å². The quantitative estimate of drug-likeness (QED) is 0.543. The molecule has 0 aliphatic heterocycles. The van der Waals surface area contributed by atoms with Crippen LogP contribution in [-0.4, -0.2) is 31.4 Å². The lowest BCUT2D eigenvalue weighted by atomic mass is 9.79. The highest BCUT2D eigenvalue weighted by atomic mass is 35.6. The molecule has 1 fully saturated rings. The van der Waals surface area contributed by atoms with Gasteiger partial charge in [0, 0.05) is 5.56 Å². The summed E-state index contributed by atoms with van der Waals surface area (Å²) in [5.41, 5.74) is -0.471. The molecule has 27 heavy (non-hydrogen) atoms. The third-order valence-corrected chi connectivity index (χ3v) is 4.76. The first-order valence-corrected chi connectivity index (χ1v) is 9.84. The molecular weight excluding hydrogens is 409 g/mol. The molecule has 0 spiro atoms. The molecular formula is C19H22Cl3N3O2. The highest BCUT2D eigenvalue weighted by molar-refractivity contribution is 6.66. The molecule has 1 N–H and O–H groups in total. The third-order valence-electron chi connectivity index (χ3n) is 4.25. The van der Waals surface area contributed by atoms with Gasteiger partial charge in [-0.25, -0.2) is 15.0 Å². The highest BCUT2D eigenvalue weighted by Gasteiger charge is 2.37. The van der Waals surface area contributed by atoms with Crippen LogP contribution in [0.25, 0.3) is 0 Å². The van der Waals surface area contributed by atoms with E-state index in [-0.39, 0.29) is 11.6 Å². The average molecular weight is 431 g/mol. The first kappa shape index (κ1) is 22.0. The molecule has 1 aliphatic rings. The van der Waals surface area contributed by atoms with E-state index in [1.807, 2.05) is 18.2 Å². The van der Waals surface area contributed by atoms with Gasteiger partial charge in [-0.15, -0.1) is 0 Å². The van der Waals surface area contributed by atoms with E-state index in [0.29, 0.717) is 30.1 Å². The van der Waals surface area contributed by atoms with E-state index in [9.17, 15) is 9.90 Å². The lowest BCUT2D eigenvalue weighted by Crippen LogP contribution is -2.40. The van der Waals surface area contributed by atoms with Crippen molar-refractivity contribution in [3.63, 3.8) is 0 Å². The maximum absolute atomic E-state index is 12.1. The van der Waals surface area contributed by atoms with Crippen LogP contribution in [0.3, 0.4) is 0 Å². The maximum Gasteiger partial charge on any atom is 0.250 e. The minimum atomic E-state index is -1.57. The number of benzene rings is 1. The summed E-state index contributed by atoms with van der Waals surface area (Å²) in [4.78, 5) is 23.8. The van der Waals surface area contributed by atoms with Crippen LogP contribution in [0.15, 0.2) is 30.3 Å². The number of aliphatic hydroxyl groups is 1. The molecule has 0 saturated heterocycles. The predicted molar refractivity (Wildman–Crippen MR) is 107 cm³/mol. The number of Topliss-reactive ketones (excluding diaryl/α,β-unsaturated/α-hetero) is 1. The number of aromatic nitrogens is 3. The van der Waals surface area contributed by atoms with Crippen LogP contribution in [0.4, 0.5) is 0 Å². The minimum absolute atomic E-state index is 0.109. The van der Waals surface area contributed by atoms with Crippen LogP contribution in [0, 0.1) is 13.8 Å². The van der Waals surface area contributed by atoms with Crippen LogP contribution >= 0.6 is 34.8 Å². The molecule has 2 aromatic rings. The normalized spacial score (nSPS) is 16.2. The Morgan fingerprint density at radius 1 is 0.963 bits per heavy atom. The zero-order valence-corrected chi connectivity index (χ0v) is 17.5. The first-order chi connectivity index (χ1) is 12.6. The number of halogens is 3. The Labute approximate surface area is 174 Å². The molecule has 0 bridgehead atoms. The molecule has 1 saturated carbocycles. The van der Waals surface area contributed by atoms with E-state index >= 15 is 0 Å². The lowest BCUT2D eigenvalue weighted by Gasteiger charge is -2.30. The van der Waals surface area contributed by atoms with E-state index in [0.717, 1.165) is 19.3 Å². The average Bonchev–Trinajstić information content (AvgIpc) is 2.61. The highest BCUT2D eigenvalue weighted by Crippen LogP contribution is 2.35. The lowest BCUT2D eigenvalue weighted by molar-refractivity contribution is 0.0116. The topological polar surface area (TPSA) is 76.0 Å². The number of hydrogen-bond acceptors (Lipinski definition) is 5. The molecule has 1 heterocycles. The Morgan fingerprint density at radius 3 is 1.96 bits per heavy atom. The number of ketones is 1.